The van der Waals surface area contributed by atoms with Gasteiger partial charge in [0.05, 0.1) is 18.1 Å². The molecule has 29 heavy (non-hydrogen) atoms. The van der Waals surface area contributed by atoms with Crippen LogP contribution in [0.4, 0.5) is 4.79 Å². The molecule has 0 fully saturated rings. The Kier molecular flexibility index (Phi) is 8.84. The number of amides is 2. The molecule has 10 heteroatoms. The molecule has 1 rings (SSSR count). The van der Waals surface area contributed by atoms with E-state index >= 15 is 0 Å². The number of ether oxygens (including phenoxy) is 2. The third kappa shape index (κ3) is 6.31. The minimum absolute atomic E-state index is 0.00509. The van der Waals surface area contributed by atoms with Crippen LogP contribution >= 0.6 is 0 Å². The fourth-order valence-corrected chi connectivity index (χ4v) is 3.35. The highest BCUT2D eigenvalue weighted by atomic mass is 32.2. The summed E-state index contributed by atoms with van der Waals surface area (Å²) in [6, 6.07) is 4.77. The Hall–Kier alpha value is -2.88. The maximum Gasteiger partial charge on any atom is 0.328 e. The maximum absolute atomic E-state index is 12.5. The lowest BCUT2D eigenvalue weighted by Gasteiger charge is -2.28. The monoisotopic (exact) mass is 426 g/mol. The lowest BCUT2D eigenvalue weighted by atomic mass is 9.84. The van der Waals surface area contributed by atoms with Gasteiger partial charge < -0.3 is 14.8 Å². The normalized spacial score (nSPS) is 11.3. The van der Waals surface area contributed by atoms with Crippen molar-refractivity contribution in [3.63, 3.8) is 0 Å². The van der Waals surface area contributed by atoms with Crippen molar-refractivity contribution in [2.75, 3.05) is 19.8 Å². The molecule has 0 aliphatic heterocycles. The van der Waals surface area contributed by atoms with Crippen LogP contribution in [0.15, 0.2) is 41.8 Å². The number of esters is 2. The van der Waals surface area contributed by atoms with Crippen LogP contribution in [0.5, 0.6) is 0 Å². The molecule has 0 aliphatic rings. The highest BCUT2D eigenvalue weighted by Gasteiger charge is 2.48. The third-order valence-corrected chi connectivity index (χ3v) is 5.28. The van der Waals surface area contributed by atoms with E-state index in [0.29, 0.717) is 0 Å². The first-order valence-corrected chi connectivity index (χ1v) is 10.4. The minimum Gasteiger partial charge on any atom is -0.465 e. The number of carbonyl (C=O) groups excluding carboxylic acids is 3. The second kappa shape index (κ2) is 10.6. The number of hydrogen-bond acceptors (Lipinski definition) is 7. The van der Waals surface area contributed by atoms with Gasteiger partial charge in [-0.2, -0.15) is 0 Å². The standard InChI is InChI=1S/C19H26N2O7S/c1-5-12-19(16(22)27-6-2,17(23)28-7-3)13-20-18(24)21-29(25,26)15-10-8-14(4)9-11-15/h5,8-11H,1,6-7,12-13H2,2-4H3,(H2,20,21,24). The quantitative estimate of drug-likeness (QED) is 0.331. The average molecular weight is 426 g/mol. The fraction of sp³-hybridized carbons (Fsp3) is 0.421. The Balaban J connectivity index is 3.00. The predicted octanol–water partition coefficient (Wildman–Crippen LogP) is 1.67. The number of aryl methyl sites for hydroxylation is 1. The molecule has 0 atom stereocenters. The first-order valence-electron chi connectivity index (χ1n) is 8.95. The Morgan fingerprint density at radius 1 is 1.07 bits per heavy atom. The number of urea groups is 1. The van der Waals surface area contributed by atoms with Crippen molar-refractivity contribution in [1.82, 2.24) is 10.0 Å². The molecule has 0 spiro atoms. The van der Waals surface area contributed by atoms with Gasteiger partial charge in [-0.3, -0.25) is 9.59 Å². The van der Waals surface area contributed by atoms with E-state index < -0.39 is 40.0 Å². The van der Waals surface area contributed by atoms with Gasteiger partial charge in [0.15, 0.2) is 5.41 Å². The number of allylic oxidation sites excluding steroid dienone is 1. The molecular formula is C19H26N2O7S. The fourth-order valence-electron chi connectivity index (χ4n) is 2.42. The lowest BCUT2D eigenvalue weighted by Crippen LogP contribution is -2.52. The van der Waals surface area contributed by atoms with Crippen LogP contribution in [0, 0.1) is 12.3 Å². The Morgan fingerprint density at radius 2 is 1.59 bits per heavy atom. The van der Waals surface area contributed by atoms with Crippen LogP contribution < -0.4 is 10.0 Å². The topological polar surface area (TPSA) is 128 Å². The molecule has 0 bridgehead atoms. The predicted molar refractivity (Wildman–Crippen MR) is 105 cm³/mol. The van der Waals surface area contributed by atoms with Crippen molar-refractivity contribution in [1.29, 1.82) is 0 Å². The first kappa shape index (κ1) is 24.2. The molecule has 160 valence electrons. The van der Waals surface area contributed by atoms with Crippen molar-refractivity contribution in [3.8, 4) is 0 Å². The average Bonchev–Trinajstić information content (AvgIpc) is 2.65. The number of carbonyl (C=O) groups is 3. The van der Waals surface area contributed by atoms with Crippen molar-refractivity contribution >= 4 is 28.0 Å². The van der Waals surface area contributed by atoms with E-state index in [9.17, 15) is 22.8 Å². The van der Waals surface area contributed by atoms with Gasteiger partial charge in [0, 0.05) is 6.54 Å². The number of rotatable bonds is 10. The second-order valence-electron chi connectivity index (χ2n) is 6.12. The molecule has 1 aromatic rings. The van der Waals surface area contributed by atoms with E-state index in [1.165, 1.54) is 18.2 Å². The molecule has 2 amide bonds. The molecular weight excluding hydrogens is 400 g/mol. The molecule has 0 aliphatic carbocycles. The van der Waals surface area contributed by atoms with Gasteiger partial charge in [-0.25, -0.2) is 17.9 Å². The number of sulfonamides is 1. The van der Waals surface area contributed by atoms with E-state index in [1.54, 1.807) is 32.9 Å². The van der Waals surface area contributed by atoms with Crippen molar-refractivity contribution in [2.24, 2.45) is 5.41 Å². The molecule has 0 saturated heterocycles. The summed E-state index contributed by atoms with van der Waals surface area (Å²) in [7, 11) is -4.13. The largest absolute Gasteiger partial charge is 0.465 e. The van der Waals surface area contributed by atoms with Gasteiger partial charge in [0.25, 0.3) is 10.0 Å². The highest BCUT2D eigenvalue weighted by Crippen LogP contribution is 2.26. The lowest BCUT2D eigenvalue weighted by molar-refractivity contribution is -0.171. The zero-order valence-electron chi connectivity index (χ0n) is 16.7. The number of hydrogen-bond donors (Lipinski definition) is 2. The summed E-state index contributed by atoms with van der Waals surface area (Å²) in [4.78, 5) is 37.0. The summed E-state index contributed by atoms with van der Waals surface area (Å²) in [6.07, 6.45) is 1.14. The molecule has 0 radical (unpaired) electrons. The van der Waals surface area contributed by atoms with Gasteiger partial charge in [-0.15, -0.1) is 6.58 Å². The SMILES string of the molecule is C=CCC(CNC(=O)NS(=O)(=O)c1ccc(C)cc1)(C(=O)OCC)C(=O)OCC. The molecule has 1 aromatic carbocycles. The van der Waals surface area contributed by atoms with E-state index in [4.69, 9.17) is 9.47 Å². The van der Waals surface area contributed by atoms with Crippen LogP contribution in [-0.4, -0.2) is 46.1 Å². The zero-order chi connectivity index (χ0) is 22.1. The molecule has 0 heterocycles. The van der Waals surface area contributed by atoms with E-state index in [2.05, 4.69) is 11.9 Å². The summed E-state index contributed by atoms with van der Waals surface area (Å²) in [5.41, 5.74) is -1.02. The minimum atomic E-state index is -4.13. The molecule has 9 nitrogen and oxygen atoms in total. The van der Waals surface area contributed by atoms with Crippen molar-refractivity contribution in [2.45, 2.75) is 32.1 Å². The van der Waals surface area contributed by atoms with Crippen molar-refractivity contribution in [3.05, 3.63) is 42.5 Å². The Bertz CT molecular complexity index is 830. The summed E-state index contributed by atoms with van der Waals surface area (Å²) in [5, 5.41) is 2.25. The van der Waals surface area contributed by atoms with Crippen LogP contribution in [-0.2, 0) is 29.1 Å². The van der Waals surface area contributed by atoms with Crippen LogP contribution in [0.25, 0.3) is 0 Å². The van der Waals surface area contributed by atoms with Gasteiger partial charge in [0.1, 0.15) is 0 Å². The summed E-state index contributed by atoms with van der Waals surface area (Å²) in [6.45, 7) is 7.92. The van der Waals surface area contributed by atoms with Gasteiger partial charge in [-0.05, 0) is 39.3 Å². The Morgan fingerprint density at radius 3 is 2.03 bits per heavy atom. The van der Waals surface area contributed by atoms with Crippen LogP contribution in [0.2, 0.25) is 0 Å². The second-order valence-corrected chi connectivity index (χ2v) is 7.80. The molecule has 2 N–H and O–H groups in total. The van der Waals surface area contributed by atoms with Crippen molar-refractivity contribution < 1.29 is 32.3 Å². The van der Waals surface area contributed by atoms with Gasteiger partial charge >= 0.3 is 18.0 Å². The third-order valence-electron chi connectivity index (χ3n) is 3.93. The molecule has 0 aromatic heterocycles. The highest BCUT2D eigenvalue weighted by molar-refractivity contribution is 7.90. The van der Waals surface area contributed by atoms with E-state index in [0.717, 1.165) is 5.56 Å². The van der Waals surface area contributed by atoms with Gasteiger partial charge in [-0.1, -0.05) is 23.8 Å². The first-order chi connectivity index (χ1) is 13.6. The summed E-state index contributed by atoms with van der Waals surface area (Å²) < 4.78 is 36.4. The summed E-state index contributed by atoms with van der Waals surface area (Å²) >= 11 is 0. The van der Waals surface area contributed by atoms with Crippen LogP contribution in [0.3, 0.4) is 0 Å². The van der Waals surface area contributed by atoms with E-state index in [-0.39, 0.29) is 24.5 Å². The number of nitrogens with one attached hydrogen (secondary N) is 2. The van der Waals surface area contributed by atoms with Gasteiger partial charge in [0.2, 0.25) is 0 Å². The molecule has 0 unspecified atom stereocenters. The number of benzene rings is 1. The molecule has 0 saturated carbocycles. The van der Waals surface area contributed by atoms with E-state index in [1.807, 2.05) is 4.72 Å². The smallest absolute Gasteiger partial charge is 0.328 e. The summed E-state index contributed by atoms with van der Waals surface area (Å²) in [5.74, 6) is -1.81. The maximum atomic E-state index is 12.5. The Labute approximate surface area is 170 Å². The zero-order valence-corrected chi connectivity index (χ0v) is 17.5. The van der Waals surface area contributed by atoms with Crippen LogP contribution in [0.1, 0.15) is 25.8 Å².